The van der Waals surface area contributed by atoms with Gasteiger partial charge in [0.25, 0.3) is 0 Å². The van der Waals surface area contributed by atoms with Gasteiger partial charge in [-0.05, 0) is 59.7 Å². The fourth-order valence-corrected chi connectivity index (χ4v) is 5.43. The Balaban J connectivity index is 0.000000275. The van der Waals surface area contributed by atoms with E-state index in [2.05, 4.69) is 27.7 Å². The van der Waals surface area contributed by atoms with Crippen molar-refractivity contribution in [3.63, 3.8) is 0 Å². The van der Waals surface area contributed by atoms with Crippen LogP contribution in [0.4, 0.5) is 55.3 Å². The highest BCUT2D eigenvalue weighted by Gasteiger charge is 2.54. The lowest BCUT2D eigenvalue weighted by atomic mass is 9.80. The number of anilines is 2. The zero-order valence-corrected chi connectivity index (χ0v) is 21.0. The van der Waals surface area contributed by atoms with Crippen LogP contribution in [0.1, 0.15) is 34.6 Å². The van der Waals surface area contributed by atoms with Gasteiger partial charge in [-0.25, -0.2) is 4.39 Å². The number of halogens is 10. The first kappa shape index (κ1) is 30.6. The average molecular weight is 599 g/mol. The first-order valence-electron chi connectivity index (χ1n) is 12.4. The number of rotatable bonds is 4. The molecule has 2 aromatic rings. The molecule has 3 aliphatic rings. The van der Waals surface area contributed by atoms with Crippen LogP contribution in [0.5, 0.6) is 0 Å². The largest absolute Gasteiger partial charge is 0.458 e. The highest BCUT2D eigenvalue weighted by atomic mass is 19.4. The van der Waals surface area contributed by atoms with E-state index in [1.54, 1.807) is 0 Å². The van der Waals surface area contributed by atoms with Crippen LogP contribution in [-0.4, -0.2) is 50.1 Å². The summed E-state index contributed by atoms with van der Waals surface area (Å²) in [5, 5.41) is 6.66. The number of nitrogens with zero attached hydrogens (tertiary/aromatic N) is 1. The molecule has 2 N–H and O–H groups in total. The third kappa shape index (κ3) is 6.76. The Hall–Kier alpha value is -3.36. The first-order chi connectivity index (χ1) is 19.0. The topological polar surface area (TPSA) is 61.4 Å². The Morgan fingerprint density at radius 2 is 1.59 bits per heavy atom. The number of Topliss-reactive ketones (excluding diaryl/α,β-unsaturated/α-hetero) is 2. The molecule has 0 aliphatic carbocycles. The van der Waals surface area contributed by atoms with Crippen molar-refractivity contribution in [2.45, 2.75) is 43.8 Å². The summed E-state index contributed by atoms with van der Waals surface area (Å²) in [6, 6.07) is 7.05. The number of carbonyl (C=O) groups is 2. The van der Waals surface area contributed by atoms with Crippen LogP contribution in [0.3, 0.4) is 0 Å². The monoisotopic (exact) mass is 599 g/mol. The third-order valence-corrected chi connectivity index (χ3v) is 7.18. The van der Waals surface area contributed by atoms with E-state index in [1.165, 1.54) is 22.9 Å². The van der Waals surface area contributed by atoms with Crippen LogP contribution in [0, 0.1) is 11.7 Å². The quantitative estimate of drug-likeness (QED) is 0.345. The van der Waals surface area contributed by atoms with Gasteiger partial charge in [0.2, 0.25) is 0 Å². The van der Waals surface area contributed by atoms with Crippen LogP contribution in [0.2, 0.25) is 0 Å². The Labute approximate surface area is 226 Å². The van der Waals surface area contributed by atoms with Crippen molar-refractivity contribution in [3.05, 3.63) is 58.4 Å². The fourth-order valence-electron chi connectivity index (χ4n) is 5.43. The van der Waals surface area contributed by atoms with Gasteiger partial charge in [-0.3, -0.25) is 9.59 Å². The minimum absolute atomic E-state index is 0.00338. The number of hydrogen-bond donors (Lipinski definition) is 2. The molecule has 2 atom stereocenters. The predicted molar refractivity (Wildman–Crippen MR) is 127 cm³/mol. The van der Waals surface area contributed by atoms with Crippen molar-refractivity contribution in [2.75, 3.05) is 36.4 Å². The Morgan fingerprint density at radius 1 is 0.927 bits per heavy atom. The molecule has 2 aromatic carbocycles. The van der Waals surface area contributed by atoms with E-state index in [0.29, 0.717) is 17.9 Å². The van der Waals surface area contributed by atoms with Gasteiger partial charge in [0.1, 0.15) is 5.82 Å². The minimum Gasteiger partial charge on any atom is -0.381 e. The highest BCUT2D eigenvalue weighted by molar-refractivity contribution is 6.41. The van der Waals surface area contributed by atoms with Crippen LogP contribution in [0.15, 0.2) is 30.3 Å². The van der Waals surface area contributed by atoms with E-state index in [9.17, 15) is 53.5 Å². The number of hydrogen-bond acceptors (Lipinski definition) is 5. The second kappa shape index (κ2) is 11.1. The number of aryl methyl sites for hydroxylation is 1. The summed E-state index contributed by atoms with van der Waals surface area (Å²) in [4.78, 5) is 21.7. The standard InChI is InChI=1S/C22H23F4N3.C4F6O2/c23-16-4-3-14(20(7-16)22(24,25)26)10-28-17-6-13-2-1-5-29-12-15-9-27-11-19(15)18(8-17)21(13)29;5-3(6,7)1(11)2(12)4(8,9)10/h3-4,6-8,15,19,27-28H,1-2,5,9-12H2;/t15-,19-;/m1./s1. The van der Waals surface area contributed by atoms with E-state index < -0.39 is 41.5 Å². The molecule has 0 amide bonds. The Kier molecular flexibility index (Phi) is 8.31. The summed E-state index contributed by atoms with van der Waals surface area (Å²) in [7, 11) is 0. The normalized spacial score (nSPS) is 20.0. The molecule has 224 valence electrons. The van der Waals surface area contributed by atoms with E-state index in [-0.39, 0.29) is 12.1 Å². The maximum Gasteiger partial charge on any atom is 0.458 e. The summed E-state index contributed by atoms with van der Waals surface area (Å²) in [5.74, 6) is -6.65. The number of benzene rings is 2. The minimum atomic E-state index is -5.77. The molecule has 15 heteroatoms. The maximum absolute atomic E-state index is 13.4. The molecule has 3 heterocycles. The van der Waals surface area contributed by atoms with Gasteiger partial charge in [-0.15, -0.1) is 0 Å². The second-order valence-electron chi connectivity index (χ2n) is 9.95. The van der Waals surface area contributed by atoms with Gasteiger partial charge in [0.05, 0.1) is 5.56 Å². The zero-order chi connectivity index (χ0) is 30.3. The number of carbonyl (C=O) groups excluding carboxylic acids is 2. The lowest BCUT2D eigenvalue weighted by Gasteiger charge is -2.42. The SMILES string of the molecule is Fc1ccc(CNc2cc3c4c(c2)[C@@H]2CNC[C@@H]2CN4CCC3)c(C(F)(F)F)c1.O=C(C(=O)C(F)(F)F)C(F)(F)F. The molecular formula is C26H23F10N3O2. The summed E-state index contributed by atoms with van der Waals surface area (Å²) in [5.41, 5.74) is 3.88. The fraction of sp³-hybridized carbons (Fsp3) is 0.462. The van der Waals surface area contributed by atoms with E-state index in [0.717, 1.165) is 50.8 Å². The molecule has 1 fully saturated rings. The smallest absolute Gasteiger partial charge is 0.381 e. The molecule has 0 spiro atoms. The number of nitrogens with one attached hydrogen (secondary N) is 2. The highest BCUT2D eigenvalue weighted by Crippen LogP contribution is 2.46. The van der Waals surface area contributed by atoms with Gasteiger partial charge < -0.3 is 15.5 Å². The van der Waals surface area contributed by atoms with E-state index in [1.807, 2.05) is 0 Å². The van der Waals surface area contributed by atoms with Crippen LogP contribution < -0.4 is 15.5 Å². The van der Waals surface area contributed by atoms with E-state index in [4.69, 9.17) is 0 Å². The number of fused-ring (bicyclic) bond motifs is 2. The molecule has 0 bridgehead atoms. The predicted octanol–water partition coefficient (Wildman–Crippen LogP) is 5.78. The van der Waals surface area contributed by atoms with Gasteiger partial charge in [0.15, 0.2) is 0 Å². The third-order valence-electron chi connectivity index (χ3n) is 7.18. The molecule has 41 heavy (non-hydrogen) atoms. The van der Waals surface area contributed by atoms with Crippen LogP contribution >= 0.6 is 0 Å². The molecule has 1 saturated heterocycles. The van der Waals surface area contributed by atoms with Gasteiger partial charge in [0, 0.05) is 50.0 Å². The van der Waals surface area contributed by atoms with Crippen LogP contribution in [0.25, 0.3) is 0 Å². The second-order valence-corrected chi connectivity index (χ2v) is 9.95. The van der Waals surface area contributed by atoms with Crippen LogP contribution in [-0.2, 0) is 28.7 Å². The van der Waals surface area contributed by atoms with Gasteiger partial charge in [-0.1, -0.05) is 6.07 Å². The Morgan fingerprint density at radius 3 is 2.20 bits per heavy atom. The van der Waals surface area contributed by atoms with Crippen molar-refractivity contribution in [3.8, 4) is 0 Å². The molecule has 0 saturated carbocycles. The van der Waals surface area contributed by atoms with Crippen molar-refractivity contribution in [1.82, 2.24) is 5.32 Å². The molecule has 5 nitrogen and oxygen atoms in total. The molecule has 3 aliphatic heterocycles. The molecule has 0 radical (unpaired) electrons. The lowest BCUT2D eigenvalue weighted by molar-refractivity contribution is -0.193. The maximum atomic E-state index is 13.4. The van der Waals surface area contributed by atoms with Crippen molar-refractivity contribution in [1.29, 1.82) is 0 Å². The Bertz CT molecular complexity index is 1300. The van der Waals surface area contributed by atoms with E-state index >= 15 is 0 Å². The molecule has 0 aromatic heterocycles. The van der Waals surface area contributed by atoms with Gasteiger partial charge in [-0.2, -0.15) is 39.5 Å². The summed E-state index contributed by atoms with van der Waals surface area (Å²) in [6.07, 6.45) is -14.0. The van der Waals surface area contributed by atoms with Crippen molar-refractivity contribution in [2.24, 2.45) is 5.92 Å². The molecule has 5 rings (SSSR count). The molecular weight excluding hydrogens is 576 g/mol. The first-order valence-corrected chi connectivity index (χ1v) is 12.4. The zero-order valence-electron chi connectivity index (χ0n) is 21.0. The van der Waals surface area contributed by atoms with Gasteiger partial charge >= 0.3 is 30.1 Å². The summed E-state index contributed by atoms with van der Waals surface area (Å²) < 4.78 is 120. The summed E-state index contributed by atoms with van der Waals surface area (Å²) in [6.45, 7) is 4.11. The number of ketones is 2. The lowest BCUT2D eigenvalue weighted by Crippen LogP contribution is -2.41. The number of alkyl halides is 9. The summed E-state index contributed by atoms with van der Waals surface area (Å²) >= 11 is 0. The average Bonchev–Trinajstić information content (AvgIpc) is 3.35. The van der Waals surface area contributed by atoms with Crippen molar-refractivity contribution < 1.29 is 53.5 Å². The van der Waals surface area contributed by atoms with Crippen molar-refractivity contribution >= 4 is 22.9 Å². The molecule has 0 unspecified atom stereocenters.